The molecule has 72 valence electrons. The molecule has 1 aliphatic rings. The summed E-state index contributed by atoms with van der Waals surface area (Å²) < 4.78 is 13.0. The normalized spacial score (nSPS) is 31.6. The quantitative estimate of drug-likeness (QED) is 0.575. The van der Waals surface area contributed by atoms with Gasteiger partial charge in [0, 0.05) is 6.58 Å². The fourth-order valence-electron chi connectivity index (χ4n) is 1.71. The number of unbranched alkanes of at least 4 members (excludes halogenated alkanes) is 3. The van der Waals surface area contributed by atoms with E-state index < -0.39 is 0 Å². The van der Waals surface area contributed by atoms with Crippen LogP contribution in [0.5, 0.6) is 0 Å². The molecule has 0 aliphatic carbocycles. The zero-order valence-electron chi connectivity index (χ0n) is 9.22. The largest absolute Gasteiger partial charge is 0.378 e. The highest BCUT2D eigenvalue weighted by molar-refractivity contribution is 4.63. The van der Waals surface area contributed by atoms with Crippen LogP contribution in [0.15, 0.2) is 0 Å². The topological polar surface area (TPSA) is 9.23 Å². The Kier molecular flexibility index (Phi) is 4.61. The third-order valence-corrected chi connectivity index (χ3v) is 2.52. The summed E-state index contributed by atoms with van der Waals surface area (Å²) in [7, 11) is 0. The van der Waals surface area contributed by atoms with Gasteiger partial charge in [0.25, 0.3) is 0 Å². The van der Waals surface area contributed by atoms with E-state index in [0.717, 1.165) is 6.42 Å². The summed E-state index contributed by atoms with van der Waals surface area (Å²) >= 11 is 0. The predicted octanol–water partition coefficient (Wildman–Crippen LogP) is 3.53. The second-order valence-electron chi connectivity index (χ2n) is 3.70. The molecule has 0 spiro atoms. The molecular formula is C11H22O. The molecule has 1 heterocycles. The van der Waals surface area contributed by atoms with E-state index in [1.54, 1.807) is 0 Å². The van der Waals surface area contributed by atoms with Crippen LogP contribution >= 0.6 is 0 Å². The summed E-state index contributed by atoms with van der Waals surface area (Å²) in [6, 6.07) is 0. The molecule has 0 radical (unpaired) electrons. The molecule has 2 unspecified atom stereocenters. The molecule has 1 rings (SSSR count). The highest BCUT2D eigenvalue weighted by Gasteiger charge is 2.12. The van der Waals surface area contributed by atoms with Gasteiger partial charge in [-0.15, -0.1) is 0 Å². The zero-order valence-corrected chi connectivity index (χ0v) is 8.22. The molecule has 12 heavy (non-hydrogen) atoms. The molecule has 1 aliphatic heterocycles. The van der Waals surface area contributed by atoms with Gasteiger partial charge < -0.3 is 4.74 Å². The Morgan fingerprint density at radius 2 is 2.25 bits per heavy atom. The molecule has 1 heteroatoms. The molecule has 0 aromatic carbocycles. The van der Waals surface area contributed by atoms with Crippen LogP contribution in [0.4, 0.5) is 0 Å². The molecule has 1 nitrogen and oxygen atoms in total. The molecule has 1 saturated heterocycles. The van der Waals surface area contributed by atoms with E-state index in [4.69, 9.17) is 6.11 Å². The molecule has 0 aromatic heterocycles. The highest BCUT2D eigenvalue weighted by atomic mass is 16.5. The van der Waals surface area contributed by atoms with Crippen molar-refractivity contribution in [3.05, 3.63) is 0 Å². The molecule has 2 atom stereocenters. The Morgan fingerprint density at radius 1 is 1.33 bits per heavy atom. The predicted molar refractivity (Wildman–Crippen MR) is 52.4 cm³/mol. The van der Waals surface area contributed by atoms with E-state index in [1.807, 2.05) is 0 Å². The van der Waals surface area contributed by atoms with Crippen molar-refractivity contribution in [2.24, 2.45) is 0 Å². The van der Waals surface area contributed by atoms with Crippen LogP contribution in [0, 0.1) is 0 Å². The lowest BCUT2D eigenvalue weighted by atomic mass is 10.0. The van der Waals surface area contributed by atoms with Crippen molar-refractivity contribution in [1.82, 2.24) is 0 Å². The van der Waals surface area contributed by atoms with E-state index in [2.05, 4.69) is 6.92 Å². The smallest absolute Gasteiger partial charge is 0.0575 e. The minimum atomic E-state index is -0.232. The van der Waals surface area contributed by atoms with Crippen molar-refractivity contribution >= 4 is 0 Å². The standard InChI is InChI=1S/C11H22O/c1-2-3-4-5-8-11-9-6-7-10-12-11/h11H,2-10H2,1H3/i10D. The minimum Gasteiger partial charge on any atom is -0.378 e. The lowest BCUT2D eigenvalue weighted by molar-refractivity contribution is 0.00978. The van der Waals surface area contributed by atoms with Gasteiger partial charge in [0.1, 0.15) is 0 Å². The van der Waals surface area contributed by atoms with Gasteiger partial charge in [-0.25, -0.2) is 0 Å². The van der Waals surface area contributed by atoms with Gasteiger partial charge in [0.15, 0.2) is 0 Å². The summed E-state index contributed by atoms with van der Waals surface area (Å²) in [6.07, 6.45) is 10.1. The maximum Gasteiger partial charge on any atom is 0.0575 e. The van der Waals surface area contributed by atoms with Crippen molar-refractivity contribution in [3.63, 3.8) is 0 Å². The lowest BCUT2D eigenvalue weighted by Crippen LogP contribution is -2.18. The van der Waals surface area contributed by atoms with Crippen LogP contribution in [0.2, 0.25) is 0 Å². The number of hydrogen-bond donors (Lipinski definition) is 0. The van der Waals surface area contributed by atoms with Gasteiger partial charge in [0.2, 0.25) is 0 Å². The third kappa shape index (κ3) is 4.10. The van der Waals surface area contributed by atoms with Gasteiger partial charge in [-0.3, -0.25) is 0 Å². The SMILES string of the molecule is [2H]C1CCCC(CCCCCC)O1. The Labute approximate surface area is 77.9 Å². The third-order valence-electron chi connectivity index (χ3n) is 2.52. The van der Waals surface area contributed by atoms with E-state index in [-0.39, 0.29) is 6.58 Å². The number of ether oxygens (including phenoxy) is 1. The molecule has 0 saturated carbocycles. The van der Waals surface area contributed by atoms with Crippen LogP contribution in [0.3, 0.4) is 0 Å². The Bertz CT molecular complexity index is 127. The molecular weight excluding hydrogens is 148 g/mol. The fraction of sp³-hybridized carbons (Fsp3) is 1.00. The van der Waals surface area contributed by atoms with E-state index in [1.165, 1.54) is 44.9 Å². The van der Waals surface area contributed by atoms with Gasteiger partial charge in [-0.2, -0.15) is 0 Å². The first-order valence-corrected chi connectivity index (χ1v) is 5.40. The van der Waals surface area contributed by atoms with Crippen molar-refractivity contribution in [2.45, 2.75) is 64.4 Å². The molecule has 0 aromatic rings. The molecule has 0 amide bonds. The van der Waals surface area contributed by atoms with Crippen LogP contribution in [0.1, 0.15) is 59.7 Å². The summed E-state index contributed by atoms with van der Waals surface area (Å²) in [5.41, 5.74) is 0. The number of rotatable bonds is 5. The second kappa shape index (κ2) is 6.47. The molecule has 1 fully saturated rings. The minimum absolute atomic E-state index is 0.232. The average molecular weight is 171 g/mol. The summed E-state index contributed by atoms with van der Waals surface area (Å²) in [5.74, 6) is 0. The summed E-state index contributed by atoms with van der Waals surface area (Å²) in [4.78, 5) is 0. The first-order chi connectivity index (χ1) is 6.33. The first-order valence-electron chi connectivity index (χ1n) is 5.98. The Balaban J connectivity index is 2.00. The highest BCUT2D eigenvalue weighted by Crippen LogP contribution is 2.18. The van der Waals surface area contributed by atoms with Crippen LogP contribution in [0.25, 0.3) is 0 Å². The van der Waals surface area contributed by atoms with E-state index >= 15 is 0 Å². The van der Waals surface area contributed by atoms with E-state index in [9.17, 15) is 0 Å². The monoisotopic (exact) mass is 171 g/mol. The van der Waals surface area contributed by atoms with Gasteiger partial charge >= 0.3 is 0 Å². The van der Waals surface area contributed by atoms with Gasteiger partial charge in [-0.1, -0.05) is 32.6 Å². The van der Waals surface area contributed by atoms with Crippen molar-refractivity contribution < 1.29 is 6.11 Å². The van der Waals surface area contributed by atoms with Crippen LogP contribution in [-0.2, 0) is 4.74 Å². The fourth-order valence-corrected chi connectivity index (χ4v) is 1.71. The van der Waals surface area contributed by atoms with Crippen LogP contribution < -0.4 is 0 Å². The zero-order chi connectivity index (χ0) is 9.52. The van der Waals surface area contributed by atoms with Crippen LogP contribution in [-0.4, -0.2) is 12.7 Å². The van der Waals surface area contributed by atoms with Crippen molar-refractivity contribution in [2.75, 3.05) is 6.58 Å². The maximum atomic E-state index is 7.50. The Hall–Kier alpha value is -0.0400. The molecule has 0 N–H and O–H groups in total. The average Bonchev–Trinajstić information content (AvgIpc) is 2.13. The second-order valence-corrected chi connectivity index (χ2v) is 3.70. The Morgan fingerprint density at radius 3 is 3.00 bits per heavy atom. The van der Waals surface area contributed by atoms with Gasteiger partial charge in [0.05, 0.1) is 7.47 Å². The van der Waals surface area contributed by atoms with Crippen molar-refractivity contribution in [1.29, 1.82) is 0 Å². The maximum absolute atomic E-state index is 7.50. The lowest BCUT2D eigenvalue weighted by Gasteiger charge is -2.22. The summed E-state index contributed by atoms with van der Waals surface area (Å²) in [6.45, 7) is 2.00. The number of hydrogen-bond acceptors (Lipinski definition) is 1. The molecule has 0 bridgehead atoms. The van der Waals surface area contributed by atoms with Gasteiger partial charge in [-0.05, 0) is 25.7 Å². The summed E-state index contributed by atoms with van der Waals surface area (Å²) in [5, 5.41) is 0. The van der Waals surface area contributed by atoms with E-state index in [0.29, 0.717) is 6.10 Å². The first kappa shape index (κ1) is 8.55. The van der Waals surface area contributed by atoms with Crippen molar-refractivity contribution in [3.8, 4) is 0 Å².